The predicted octanol–water partition coefficient (Wildman–Crippen LogP) is 3.52. The van der Waals surface area contributed by atoms with Crippen LogP contribution in [0.3, 0.4) is 0 Å². The fraction of sp³-hybridized carbons (Fsp3) is 0.381. The lowest BCUT2D eigenvalue weighted by molar-refractivity contribution is -0.122. The van der Waals surface area contributed by atoms with E-state index in [9.17, 15) is 9.59 Å². The summed E-state index contributed by atoms with van der Waals surface area (Å²) in [7, 11) is 0. The lowest BCUT2D eigenvalue weighted by atomic mass is 10.0. The molecule has 0 bridgehead atoms. The van der Waals surface area contributed by atoms with Crippen molar-refractivity contribution >= 4 is 27.5 Å². The molecular formula is C21H23N3O2S. The summed E-state index contributed by atoms with van der Waals surface area (Å²) < 4.78 is 1.44. The van der Waals surface area contributed by atoms with Gasteiger partial charge in [-0.25, -0.2) is 4.98 Å². The summed E-state index contributed by atoms with van der Waals surface area (Å²) in [5.41, 5.74) is 3.31. The number of aryl methyl sites for hydroxylation is 3. The molecule has 3 aromatic rings. The minimum Gasteiger partial charge on any atom is -0.348 e. The van der Waals surface area contributed by atoms with E-state index in [2.05, 4.69) is 10.3 Å². The molecule has 1 aromatic carbocycles. The quantitative estimate of drug-likeness (QED) is 0.735. The van der Waals surface area contributed by atoms with Gasteiger partial charge in [-0.05, 0) is 43.7 Å². The second-order valence-corrected chi connectivity index (χ2v) is 8.24. The highest BCUT2D eigenvalue weighted by Gasteiger charge is 2.22. The molecule has 0 spiro atoms. The van der Waals surface area contributed by atoms with Crippen LogP contribution in [0.25, 0.3) is 10.2 Å². The Morgan fingerprint density at radius 3 is 2.81 bits per heavy atom. The van der Waals surface area contributed by atoms with Crippen molar-refractivity contribution in [2.75, 3.05) is 0 Å². The molecule has 1 amide bonds. The van der Waals surface area contributed by atoms with Crippen LogP contribution in [0.1, 0.15) is 47.4 Å². The number of nitrogens with one attached hydrogen (secondary N) is 1. The number of fused-ring (bicyclic) bond motifs is 3. The van der Waals surface area contributed by atoms with E-state index < -0.39 is 0 Å². The summed E-state index contributed by atoms with van der Waals surface area (Å²) in [6.45, 7) is 4.08. The number of hydrogen-bond acceptors (Lipinski definition) is 4. The number of hydrogen-bond donors (Lipinski definition) is 1. The van der Waals surface area contributed by atoms with Crippen molar-refractivity contribution in [3.8, 4) is 0 Å². The Bertz CT molecular complexity index is 1050. The van der Waals surface area contributed by atoms with Crippen LogP contribution in [-0.4, -0.2) is 15.5 Å². The van der Waals surface area contributed by atoms with Gasteiger partial charge in [0.2, 0.25) is 5.91 Å². The van der Waals surface area contributed by atoms with Crippen molar-refractivity contribution in [1.82, 2.24) is 14.9 Å². The monoisotopic (exact) mass is 381 g/mol. The smallest absolute Gasteiger partial charge is 0.262 e. The van der Waals surface area contributed by atoms with Crippen LogP contribution in [0.5, 0.6) is 0 Å². The van der Waals surface area contributed by atoms with Crippen molar-refractivity contribution in [3.05, 3.63) is 62.5 Å². The van der Waals surface area contributed by atoms with Crippen LogP contribution in [0.15, 0.2) is 35.4 Å². The first-order valence-corrected chi connectivity index (χ1v) is 10.2. The largest absolute Gasteiger partial charge is 0.348 e. The van der Waals surface area contributed by atoms with Crippen molar-refractivity contribution in [2.45, 2.75) is 52.1 Å². The summed E-state index contributed by atoms with van der Waals surface area (Å²) in [5, 5.41) is 3.76. The number of aromatic nitrogens is 2. The first-order chi connectivity index (χ1) is 13.1. The van der Waals surface area contributed by atoms with Gasteiger partial charge >= 0.3 is 0 Å². The molecule has 1 aliphatic rings. The van der Waals surface area contributed by atoms with Gasteiger partial charge in [0.05, 0.1) is 17.8 Å². The van der Waals surface area contributed by atoms with Gasteiger partial charge in [-0.15, -0.1) is 11.3 Å². The van der Waals surface area contributed by atoms with Crippen molar-refractivity contribution in [1.29, 1.82) is 0 Å². The fourth-order valence-electron chi connectivity index (χ4n) is 3.75. The third kappa shape index (κ3) is 3.41. The number of benzene rings is 1. The van der Waals surface area contributed by atoms with Gasteiger partial charge in [-0.2, -0.15) is 0 Å². The van der Waals surface area contributed by atoms with Gasteiger partial charge < -0.3 is 5.32 Å². The minimum atomic E-state index is -0.169. The summed E-state index contributed by atoms with van der Waals surface area (Å²) in [4.78, 5) is 32.0. The average molecular weight is 382 g/mol. The maximum atomic E-state index is 12.9. The van der Waals surface area contributed by atoms with Crippen LogP contribution in [0.2, 0.25) is 0 Å². The first kappa shape index (κ1) is 17.9. The number of carbonyl (C=O) groups excluding carboxylic acids is 1. The van der Waals surface area contributed by atoms with Gasteiger partial charge in [0.25, 0.3) is 5.56 Å². The zero-order valence-electron chi connectivity index (χ0n) is 15.6. The Balaban J connectivity index is 1.55. The molecule has 5 nitrogen and oxygen atoms in total. The van der Waals surface area contributed by atoms with Crippen molar-refractivity contribution in [3.63, 3.8) is 0 Å². The molecule has 2 heterocycles. The highest BCUT2D eigenvalue weighted by molar-refractivity contribution is 7.18. The Morgan fingerprint density at radius 2 is 2.07 bits per heavy atom. The molecule has 0 saturated carbocycles. The minimum absolute atomic E-state index is 0.00520. The van der Waals surface area contributed by atoms with E-state index in [0.29, 0.717) is 5.39 Å². The van der Waals surface area contributed by atoms with Crippen LogP contribution >= 0.6 is 11.3 Å². The van der Waals surface area contributed by atoms with E-state index in [1.54, 1.807) is 11.3 Å². The van der Waals surface area contributed by atoms with E-state index >= 15 is 0 Å². The number of nitrogens with zero attached hydrogens (tertiary/aromatic N) is 2. The molecule has 0 saturated heterocycles. The second-order valence-electron chi connectivity index (χ2n) is 7.15. The average Bonchev–Trinajstić information content (AvgIpc) is 3.24. The Kier molecular flexibility index (Phi) is 4.83. The number of rotatable bonds is 5. The highest BCUT2D eigenvalue weighted by atomic mass is 32.1. The van der Waals surface area contributed by atoms with E-state index in [1.165, 1.54) is 21.3 Å². The second kappa shape index (κ2) is 7.27. The lowest BCUT2D eigenvalue weighted by Gasteiger charge is -2.18. The van der Waals surface area contributed by atoms with Gasteiger partial charge in [0.1, 0.15) is 11.4 Å². The molecule has 6 heteroatoms. The molecule has 0 fully saturated rings. The topological polar surface area (TPSA) is 64.0 Å². The summed E-state index contributed by atoms with van der Waals surface area (Å²) in [6.07, 6.45) is 5.36. The van der Waals surface area contributed by atoms with Crippen LogP contribution in [0, 0.1) is 6.92 Å². The van der Waals surface area contributed by atoms with Crippen molar-refractivity contribution in [2.24, 2.45) is 0 Å². The van der Waals surface area contributed by atoms with E-state index in [1.807, 2.05) is 38.1 Å². The molecule has 140 valence electrons. The lowest BCUT2D eigenvalue weighted by Crippen LogP contribution is -2.34. The molecule has 0 radical (unpaired) electrons. The van der Waals surface area contributed by atoms with Crippen LogP contribution in [-0.2, 0) is 24.2 Å². The molecule has 1 aliphatic carbocycles. The third-order valence-electron chi connectivity index (χ3n) is 5.23. The normalized spacial score (nSPS) is 14.3. The van der Waals surface area contributed by atoms with E-state index in [-0.39, 0.29) is 24.1 Å². The van der Waals surface area contributed by atoms with Crippen molar-refractivity contribution < 1.29 is 4.79 Å². The zero-order valence-corrected chi connectivity index (χ0v) is 16.4. The van der Waals surface area contributed by atoms with Gasteiger partial charge in [0, 0.05) is 4.88 Å². The number of amides is 1. The Labute approximate surface area is 162 Å². The summed E-state index contributed by atoms with van der Waals surface area (Å²) in [5.74, 6) is -0.169. The third-order valence-corrected chi connectivity index (χ3v) is 6.43. The SMILES string of the molecule is CC[C@H](NC(=O)Cn1cnc2sc3c(c2c1=O)CCC3)c1ccc(C)cc1. The van der Waals surface area contributed by atoms with Crippen LogP contribution in [0.4, 0.5) is 0 Å². The summed E-state index contributed by atoms with van der Waals surface area (Å²) in [6, 6.07) is 8.11. The number of carbonyl (C=O) groups is 1. The Hall–Kier alpha value is -2.47. The zero-order chi connectivity index (χ0) is 19.0. The molecule has 1 atom stereocenters. The van der Waals surface area contributed by atoms with E-state index in [0.717, 1.165) is 41.6 Å². The van der Waals surface area contributed by atoms with Gasteiger partial charge in [0.15, 0.2) is 0 Å². The maximum Gasteiger partial charge on any atom is 0.262 e. The fourth-order valence-corrected chi connectivity index (χ4v) is 4.97. The Morgan fingerprint density at radius 1 is 1.30 bits per heavy atom. The molecule has 1 N–H and O–H groups in total. The van der Waals surface area contributed by atoms with E-state index in [4.69, 9.17) is 0 Å². The maximum absolute atomic E-state index is 12.9. The molecule has 4 rings (SSSR count). The van der Waals surface area contributed by atoms with Gasteiger partial charge in [-0.1, -0.05) is 36.8 Å². The molecule has 27 heavy (non-hydrogen) atoms. The summed E-state index contributed by atoms with van der Waals surface area (Å²) >= 11 is 1.62. The van der Waals surface area contributed by atoms with Crippen LogP contribution < -0.4 is 10.9 Å². The molecular weight excluding hydrogens is 358 g/mol. The highest BCUT2D eigenvalue weighted by Crippen LogP contribution is 2.34. The molecule has 0 aliphatic heterocycles. The standard InChI is InChI=1S/C21H23N3O2S/c1-3-16(14-9-7-13(2)8-10-14)23-18(25)11-24-12-22-20-19(21(24)26)15-5-4-6-17(15)27-20/h7-10,12,16H,3-6,11H2,1-2H3,(H,23,25)/t16-/m0/s1. The molecule has 2 aromatic heterocycles. The van der Waals surface area contributed by atoms with Gasteiger partial charge in [-0.3, -0.25) is 14.2 Å². The molecule has 0 unspecified atom stereocenters. The predicted molar refractivity (Wildman–Crippen MR) is 108 cm³/mol. The first-order valence-electron chi connectivity index (χ1n) is 9.42. The number of thiophene rings is 1.